The van der Waals surface area contributed by atoms with Crippen molar-refractivity contribution in [2.75, 3.05) is 26.2 Å². The second kappa shape index (κ2) is 7.78. The van der Waals surface area contributed by atoms with Gasteiger partial charge in [0.1, 0.15) is 5.82 Å². The number of carbonyl (C=O) groups excluding carboxylic acids is 2. The van der Waals surface area contributed by atoms with Gasteiger partial charge in [0.25, 0.3) is 5.91 Å². The largest absolute Gasteiger partial charge is 0.339 e. The van der Waals surface area contributed by atoms with E-state index in [9.17, 15) is 14.0 Å². The number of hydrogen-bond donors (Lipinski definition) is 0. The maximum atomic E-state index is 13.0. The topological polar surface area (TPSA) is 40.6 Å². The molecule has 25 heavy (non-hydrogen) atoms. The highest BCUT2D eigenvalue weighted by Crippen LogP contribution is 2.14. The number of piperazine rings is 1. The molecule has 0 unspecified atom stereocenters. The maximum absolute atomic E-state index is 13.0. The minimum Gasteiger partial charge on any atom is -0.339 e. The second-order valence-corrected chi connectivity index (χ2v) is 6.90. The van der Waals surface area contributed by atoms with Crippen LogP contribution in [0.1, 0.15) is 15.9 Å². The molecular weight excluding hydrogens is 387 g/mol. The van der Waals surface area contributed by atoms with Crippen molar-refractivity contribution in [1.29, 1.82) is 0 Å². The van der Waals surface area contributed by atoms with Gasteiger partial charge in [-0.25, -0.2) is 4.39 Å². The number of rotatable bonds is 3. The van der Waals surface area contributed by atoms with Crippen LogP contribution in [0.25, 0.3) is 0 Å². The molecule has 1 heterocycles. The van der Waals surface area contributed by atoms with Gasteiger partial charge in [-0.15, -0.1) is 0 Å². The van der Waals surface area contributed by atoms with Gasteiger partial charge in [-0.3, -0.25) is 9.59 Å². The normalized spacial score (nSPS) is 14.5. The van der Waals surface area contributed by atoms with Crippen molar-refractivity contribution >= 4 is 27.7 Å². The quantitative estimate of drug-likeness (QED) is 0.788. The van der Waals surface area contributed by atoms with E-state index in [1.54, 1.807) is 9.80 Å². The number of halogens is 2. The average Bonchev–Trinajstić information content (AvgIpc) is 2.64. The first-order chi connectivity index (χ1) is 12.0. The molecule has 0 aromatic heterocycles. The summed E-state index contributed by atoms with van der Waals surface area (Å²) in [5.74, 6) is -0.420. The Hall–Kier alpha value is -2.21. The molecule has 1 saturated heterocycles. The summed E-state index contributed by atoms with van der Waals surface area (Å²) in [6.45, 7) is 2.01. The smallest absolute Gasteiger partial charge is 0.253 e. The Labute approximate surface area is 154 Å². The number of hydrogen-bond acceptors (Lipinski definition) is 2. The van der Waals surface area contributed by atoms with Gasteiger partial charge >= 0.3 is 0 Å². The molecule has 4 nitrogen and oxygen atoms in total. The van der Waals surface area contributed by atoms with Crippen LogP contribution < -0.4 is 0 Å². The molecule has 0 atom stereocenters. The van der Waals surface area contributed by atoms with Crippen LogP contribution >= 0.6 is 15.9 Å². The summed E-state index contributed by atoms with van der Waals surface area (Å²) < 4.78 is 13.9. The molecule has 6 heteroatoms. The minimum atomic E-state index is -0.361. The first-order valence-corrected chi connectivity index (χ1v) is 8.89. The zero-order valence-corrected chi connectivity index (χ0v) is 15.2. The van der Waals surface area contributed by atoms with E-state index in [1.807, 2.05) is 24.3 Å². The fourth-order valence-electron chi connectivity index (χ4n) is 2.82. The number of carbonyl (C=O) groups is 2. The van der Waals surface area contributed by atoms with Crippen molar-refractivity contribution in [1.82, 2.24) is 9.80 Å². The Balaban J connectivity index is 1.54. The molecule has 2 aromatic carbocycles. The first kappa shape index (κ1) is 17.6. The van der Waals surface area contributed by atoms with E-state index in [4.69, 9.17) is 0 Å². The average molecular weight is 405 g/mol. The highest BCUT2D eigenvalue weighted by molar-refractivity contribution is 9.10. The molecule has 1 aliphatic heterocycles. The predicted octanol–water partition coefficient (Wildman–Crippen LogP) is 3.12. The molecule has 2 aromatic rings. The highest BCUT2D eigenvalue weighted by Gasteiger charge is 2.24. The minimum absolute atomic E-state index is 0.0659. The van der Waals surface area contributed by atoms with E-state index < -0.39 is 0 Å². The molecule has 1 fully saturated rings. The van der Waals surface area contributed by atoms with Gasteiger partial charge in [-0.2, -0.15) is 0 Å². The van der Waals surface area contributed by atoms with Gasteiger partial charge in [-0.1, -0.05) is 28.1 Å². The lowest BCUT2D eigenvalue weighted by molar-refractivity contribution is -0.131. The van der Waals surface area contributed by atoms with E-state index >= 15 is 0 Å². The third kappa shape index (κ3) is 4.45. The van der Waals surface area contributed by atoms with E-state index in [-0.39, 0.29) is 17.6 Å². The molecular formula is C19H18BrFN2O2. The monoisotopic (exact) mass is 404 g/mol. The molecule has 1 aliphatic rings. The zero-order chi connectivity index (χ0) is 17.8. The number of benzene rings is 2. The molecule has 0 aliphatic carbocycles. The van der Waals surface area contributed by atoms with E-state index in [0.29, 0.717) is 38.2 Å². The summed E-state index contributed by atoms with van der Waals surface area (Å²) in [7, 11) is 0. The second-order valence-electron chi connectivity index (χ2n) is 5.98. The lowest BCUT2D eigenvalue weighted by Crippen LogP contribution is -2.51. The molecule has 2 amide bonds. The lowest BCUT2D eigenvalue weighted by Gasteiger charge is -2.35. The van der Waals surface area contributed by atoms with Crippen molar-refractivity contribution in [2.45, 2.75) is 6.42 Å². The Bertz CT molecular complexity index is 754. The highest BCUT2D eigenvalue weighted by atomic mass is 79.9. The zero-order valence-electron chi connectivity index (χ0n) is 13.6. The van der Waals surface area contributed by atoms with Gasteiger partial charge in [0.05, 0.1) is 6.42 Å². The molecule has 130 valence electrons. The third-order valence-electron chi connectivity index (χ3n) is 4.28. The van der Waals surface area contributed by atoms with Crippen molar-refractivity contribution in [2.24, 2.45) is 0 Å². The number of nitrogens with zero attached hydrogens (tertiary/aromatic N) is 2. The summed E-state index contributed by atoms with van der Waals surface area (Å²) in [6.07, 6.45) is 0.360. The van der Waals surface area contributed by atoms with Crippen LogP contribution in [-0.2, 0) is 11.2 Å². The van der Waals surface area contributed by atoms with Crippen LogP contribution in [-0.4, -0.2) is 47.8 Å². The molecule has 0 saturated carbocycles. The van der Waals surface area contributed by atoms with Crippen LogP contribution in [0, 0.1) is 5.82 Å². The van der Waals surface area contributed by atoms with Crippen molar-refractivity contribution in [3.05, 3.63) is 69.9 Å². The van der Waals surface area contributed by atoms with Crippen LogP contribution in [0.15, 0.2) is 53.0 Å². The third-order valence-corrected chi connectivity index (χ3v) is 4.81. The van der Waals surface area contributed by atoms with E-state index in [1.165, 1.54) is 24.3 Å². The summed E-state index contributed by atoms with van der Waals surface area (Å²) in [6, 6.07) is 13.2. The van der Waals surface area contributed by atoms with Crippen LogP contribution in [0.3, 0.4) is 0 Å². The Morgan fingerprint density at radius 1 is 0.880 bits per heavy atom. The van der Waals surface area contributed by atoms with Crippen molar-refractivity contribution in [3.8, 4) is 0 Å². The van der Waals surface area contributed by atoms with Gasteiger partial charge in [-0.05, 0) is 42.0 Å². The Kier molecular flexibility index (Phi) is 5.48. The Morgan fingerprint density at radius 2 is 1.44 bits per heavy atom. The molecule has 0 spiro atoms. The van der Waals surface area contributed by atoms with Crippen LogP contribution in [0.5, 0.6) is 0 Å². The summed E-state index contributed by atoms with van der Waals surface area (Å²) in [5.41, 5.74) is 1.44. The van der Waals surface area contributed by atoms with Crippen molar-refractivity contribution in [3.63, 3.8) is 0 Å². The first-order valence-electron chi connectivity index (χ1n) is 8.10. The summed E-state index contributed by atoms with van der Waals surface area (Å²) >= 11 is 3.38. The maximum Gasteiger partial charge on any atom is 0.253 e. The Morgan fingerprint density at radius 3 is 2.04 bits per heavy atom. The fourth-order valence-corrected chi connectivity index (χ4v) is 3.09. The molecule has 0 N–H and O–H groups in total. The molecule has 3 rings (SSSR count). The standard InChI is InChI=1S/C19H18BrFN2O2/c20-16-5-1-14(2-6-16)13-18(24)22-9-11-23(12-10-22)19(25)15-3-7-17(21)8-4-15/h1-8H,9-13H2. The van der Waals surface area contributed by atoms with Gasteiger partial charge in [0.15, 0.2) is 0 Å². The van der Waals surface area contributed by atoms with Crippen LogP contribution in [0.4, 0.5) is 4.39 Å². The summed E-state index contributed by atoms with van der Waals surface area (Å²) in [4.78, 5) is 28.3. The van der Waals surface area contributed by atoms with Gasteiger partial charge in [0.2, 0.25) is 5.91 Å². The van der Waals surface area contributed by atoms with Gasteiger partial charge < -0.3 is 9.80 Å². The van der Waals surface area contributed by atoms with Crippen LogP contribution in [0.2, 0.25) is 0 Å². The number of amides is 2. The summed E-state index contributed by atoms with van der Waals surface area (Å²) in [5, 5.41) is 0. The fraction of sp³-hybridized carbons (Fsp3) is 0.263. The predicted molar refractivity (Wildman–Crippen MR) is 96.7 cm³/mol. The SMILES string of the molecule is O=C(Cc1ccc(Br)cc1)N1CCN(C(=O)c2ccc(F)cc2)CC1. The molecule has 0 radical (unpaired) electrons. The van der Waals surface area contributed by atoms with Crippen molar-refractivity contribution < 1.29 is 14.0 Å². The van der Waals surface area contributed by atoms with E-state index in [2.05, 4.69) is 15.9 Å². The van der Waals surface area contributed by atoms with Gasteiger partial charge in [0, 0.05) is 36.2 Å². The molecule has 0 bridgehead atoms. The van der Waals surface area contributed by atoms with E-state index in [0.717, 1.165) is 10.0 Å². The lowest BCUT2D eigenvalue weighted by atomic mass is 10.1.